The lowest BCUT2D eigenvalue weighted by molar-refractivity contribution is -0.136. The number of fused-ring (bicyclic) bond motifs is 2. The summed E-state index contributed by atoms with van der Waals surface area (Å²) in [5.74, 6) is -0.937. The summed E-state index contributed by atoms with van der Waals surface area (Å²) in [7, 11) is 0. The normalized spacial score (nSPS) is 15.4. The Morgan fingerprint density at radius 2 is 1.88 bits per heavy atom. The molecule has 4 aromatic heterocycles. The first-order chi connectivity index (χ1) is 24.5. The van der Waals surface area contributed by atoms with E-state index in [0.717, 1.165) is 22.4 Å². The number of aromatic hydroxyl groups is 1. The second kappa shape index (κ2) is 13.2. The second-order valence-electron chi connectivity index (χ2n) is 12.0. The van der Waals surface area contributed by atoms with Crippen LogP contribution in [-0.2, 0) is 28.7 Å². The highest BCUT2D eigenvalue weighted by Gasteiger charge is 2.35. The van der Waals surface area contributed by atoms with Crippen LogP contribution in [0.15, 0.2) is 46.1 Å². The minimum Gasteiger partial charge on any atom is -0.504 e. The first-order valence-electron chi connectivity index (χ1n) is 16.2. The molecule has 2 N–H and O–H groups in total. The van der Waals surface area contributed by atoms with E-state index in [1.54, 1.807) is 11.5 Å². The number of aromatic nitrogens is 6. The van der Waals surface area contributed by atoms with E-state index in [2.05, 4.69) is 25.4 Å². The van der Waals surface area contributed by atoms with Crippen molar-refractivity contribution in [3.8, 4) is 5.75 Å². The molecule has 1 saturated heterocycles. The Labute approximate surface area is 287 Å². The molecule has 2 amide bonds. The lowest BCUT2D eigenvalue weighted by Gasteiger charge is -2.36. The van der Waals surface area contributed by atoms with Gasteiger partial charge in [0, 0.05) is 31.6 Å². The zero-order chi connectivity index (χ0) is 36.0. The van der Waals surface area contributed by atoms with Crippen LogP contribution in [0.5, 0.6) is 5.75 Å². The minimum atomic E-state index is -4.66. The molecule has 266 valence electrons. The number of anilines is 2. The predicted octanol–water partition coefficient (Wildman–Crippen LogP) is 3.43. The molecule has 18 heteroatoms. The number of benzene rings is 1. The molecule has 5 aromatic rings. The number of hydrogen-bond donors (Lipinski definition) is 2. The number of nitrogens with one attached hydrogen (secondary N) is 1. The van der Waals surface area contributed by atoms with E-state index in [4.69, 9.17) is 9.15 Å². The number of furan rings is 1. The number of nitrogens with zero attached hydrogens (tertiary/aromatic N) is 8. The Hall–Kier alpha value is -5.78. The quantitative estimate of drug-likeness (QED) is 0.254. The Morgan fingerprint density at radius 1 is 1.10 bits per heavy atom. The van der Waals surface area contributed by atoms with Crippen LogP contribution in [-0.4, -0.2) is 90.3 Å². The van der Waals surface area contributed by atoms with Gasteiger partial charge in [-0.05, 0) is 43.5 Å². The van der Waals surface area contributed by atoms with Crippen molar-refractivity contribution in [2.24, 2.45) is 0 Å². The summed E-state index contributed by atoms with van der Waals surface area (Å²) in [5.41, 5.74) is -0.0258. The molecule has 0 radical (unpaired) electrons. The van der Waals surface area contributed by atoms with Crippen molar-refractivity contribution in [3.63, 3.8) is 0 Å². The monoisotopic (exact) mass is 707 g/mol. The van der Waals surface area contributed by atoms with Crippen molar-refractivity contribution in [1.29, 1.82) is 0 Å². The van der Waals surface area contributed by atoms with Crippen LogP contribution in [0.2, 0.25) is 0 Å². The third-order valence-corrected chi connectivity index (χ3v) is 9.00. The molecule has 0 saturated carbocycles. The number of ether oxygens (including phenoxy) is 1. The Morgan fingerprint density at radius 3 is 2.59 bits per heavy atom. The van der Waals surface area contributed by atoms with Crippen LogP contribution in [0.3, 0.4) is 0 Å². The molecule has 6 heterocycles. The standard InChI is InChI=1S/C33H32F3N9O6/c1-3-23-26(42-9-11-43(12-10-42)30(48)25-27(47)18(2)37-17-38-25)31(49)45-32(40-29(41-45)19-6-13-50-14-7-19)44(23)16-24(46)39-22-5-4-21(33(34,35)36)28-20(22)8-15-51-28/h4-6,8,15,17,47H,3,7,9-14,16H2,1-2H3,(H,39,46). The average molecular weight is 708 g/mol. The Balaban J connectivity index is 1.24. The van der Waals surface area contributed by atoms with Crippen molar-refractivity contribution in [3.05, 3.63) is 75.7 Å². The second-order valence-corrected chi connectivity index (χ2v) is 12.0. The van der Waals surface area contributed by atoms with Gasteiger partial charge in [0.15, 0.2) is 17.3 Å². The molecule has 0 spiro atoms. The zero-order valence-corrected chi connectivity index (χ0v) is 27.5. The van der Waals surface area contributed by atoms with Gasteiger partial charge in [-0.15, -0.1) is 5.10 Å². The van der Waals surface area contributed by atoms with E-state index in [0.29, 0.717) is 37.6 Å². The van der Waals surface area contributed by atoms with Crippen molar-refractivity contribution in [2.45, 2.75) is 39.4 Å². The summed E-state index contributed by atoms with van der Waals surface area (Å²) in [6.07, 6.45) is 0.314. The van der Waals surface area contributed by atoms with Gasteiger partial charge in [0.1, 0.15) is 24.1 Å². The number of aryl methyl sites for hydroxylation is 1. The van der Waals surface area contributed by atoms with E-state index >= 15 is 0 Å². The number of carbonyl (C=O) groups excluding carboxylic acids is 2. The summed E-state index contributed by atoms with van der Waals surface area (Å²) in [6, 6.07) is 3.36. The number of hydrogen-bond acceptors (Lipinski definition) is 11. The molecule has 1 fully saturated rings. The zero-order valence-electron chi connectivity index (χ0n) is 27.5. The number of amides is 2. The first kappa shape index (κ1) is 33.7. The van der Waals surface area contributed by atoms with Gasteiger partial charge in [-0.1, -0.05) is 13.0 Å². The molecule has 0 atom stereocenters. The number of rotatable bonds is 7. The molecule has 0 aliphatic carbocycles. The molecule has 2 aliphatic heterocycles. The maximum Gasteiger partial charge on any atom is 0.420 e. The molecular formula is C33H32F3N9O6. The van der Waals surface area contributed by atoms with Gasteiger partial charge in [0.2, 0.25) is 11.7 Å². The van der Waals surface area contributed by atoms with Crippen LogP contribution >= 0.6 is 0 Å². The van der Waals surface area contributed by atoms with Crippen LogP contribution in [0.25, 0.3) is 22.3 Å². The van der Waals surface area contributed by atoms with Crippen molar-refractivity contribution < 1.29 is 37.0 Å². The number of piperazine rings is 1. The fraction of sp³-hybridized carbons (Fsp3) is 0.364. The minimum absolute atomic E-state index is 0.0775. The van der Waals surface area contributed by atoms with E-state index < -0.39 is 34.7 Å². The summed E-state index contributed by atoms with van der Waals surface area (Å²) < 4.78 is 54.1. The van der Waals surface area contributed by atoms with Gasteiger partial charge in [-0.3, -0.25) is 14.4 Å². The largest absolute Gasteiger partial charge is 0.504 e. The number of alkyl halides is 3. The average Bonchev–Trinajstić information content (AvgIpc) is 3.80. The van der Waals surface area contributed by atoms with Crippen LogP contribution < -0.4 is 15.8 Å². The van der Waals surface area contributed by atoms with E-state index in [1.165, 1.54) is 23.4 Å². The van der Waals surface area contributed by atoms with Gasteiger partial charge in [0.05, 0.1) is 42.1 Å². The summed E-state index contributed by atoms with van der Waals surface area (Å²) in [4.78, 5) is 57.0. The third-order valence-electron chi connectivity index (χ3n) is 9.00. The molecule has 0 unspecified atom stereocenters. The number of halogens is 3. The van der Waals surface area contributed by atoms with Gasteiger partial charge in [-0.2, -0.15) is 22.7 Å². The molecule has 15 nitrogen and oxygen atoms in total. The highest BCUT2D eigenvalue weighted by atomic mass is 19.4. The fourth-order valence-corrected chi connectivity index (χ4v) is 6.43. The van der Waals surface area contributed by atoms with Crippen LogP contribution in [0, 0.1) is 6.92 Å². The fourth-order valence-electron chi connectivity index (χ4n) is 6.43. The van der Waals surface area contributed by atoms with E-state index in [9.17, 15) is 32.7 Å². The lowest BCUT2D eigenvalue weighted by Crippen LogP contribution is -2.51. The van der Waals surface area contributed by atoms with Crippen molar-refractivity contribution in [1.82, 2.24) is 34.0 Å². The van der Waals surface area contributed by atoms with Crippen molar-refractivity contribution >= 4 is 45.5 Å². The SMILES string of the molecule is CCc1c(N2CCN(C(=O)c3ncnc(C)c3O)CC2)c(=O)n2nc(C3=CCOCC3)nc2n1CC(=O)Nc1ccc(C(F)(F)F)c2occc12. The molecule has 1 aromatic carbocycles. The summed E-state index contributed by atoms with van der Waals surface area (Å²) >= 11 is 0. The summed E-state index contributed by atoms with van der Waals surface area (Å²) in [6.45, 7) is 4.72. The van der Waals surface area contributed by atoms with Crippen LogP contribution in [0.4, 0.5) is 24.5 Å². The predicted molar refractivity (Wildman–Crippen MR) is 176 cm³/mol. The summed E-state index contributed by atoms with van der Waals surface area (Å²) in [5, 5.41) is 17.7. The first-order valence-corrected chi connectivity index (χ1v) is 16.2. The van der Waals surface area contributed by atoms with Gasteiger partial charge < -0.3 is 33.9 Å². The van der Waals surface area contributed by atoms with Crippen molar-refractivity contribution in [2.75, 3.05) is 49.6 Å². The van der Waals surface area contributed by atoms with Gasteiger partial charge >= 0.3 is 6.18 Å². The van der Waals surface area contributed by atoms with E-state index in [1.807, 2.05) is 17.9 Å². The topological polar surface area (TPSA) is 173 Å². The highest BCUT2D eigenvalue weighted by molar-refractivity contribution is 6.01. The maximum atomic E-state index is 14.2. The molecule has 0 bridgehead atoms. The smallest absolute Gasteiger partial charge is 0.420 e. The van der Waals surface area contributed by atoms with Gasteiger partial charge in [0.25, 0.3) is 11.5 Å². The Kier molecular flexibility index (Phi) is 8.70. The number of carbonyl (C=O) groups is 2. The molecular weight excluding hydrogens is 675 g/mol. The highest BCUT2D eigenvalue weighted by Crippen LogP contribution is 2.38. The van der Waals surface area contributed by atoms with E-state index in [-0.39, 0.29) is 72.4 Å². The Bertz CT molecular complexity index is 2270. The molecule has 2 aliphatic rings. The molecule has 51 heavy (non-hydrogen) atoms. The molecule has 7 rings (SSSR count). The van der Waals surface area contributed by atoms with Gasteiger partial charge in [-0.25, -0.2) is 9.97 Å². The van der Waals surface area contributed by atoms with Crippen LogP contribution in [0.1, 0.15) is 46.6 Å². The third kappa shape index (κ3) is 6.15. The lowest BCUT2D eigenvalue weighted by atomic mass is 10.1. The maximum absolute atomic E-state index is 14.2.